The molecule has 7 nitrogen and oxygen atoms in total. The van der Waals surface area contributed by atoms with Gasteiger partial charge in [0.2, 0.25) is 5.89 Å². The molecule has 140 valence electrons. The van der Waals surface area contributed by atoms with Gasteiger partial charge in [-0.3, -0.25) is 0 Å². The number of benzene rings is 2. The molecule has 1 aromatic heterocycles. The van der Waals surface area contributed by atoms with E-state index in [-0.39, 0.29) is 29.1 Å². The minimum atomic E-state index is -4.59. The fourth-order valence-electron chi connectivity index (χ4n) is 2.50. The lowest BCUT2D eigenvalue weighted by atomic mass is 9.96. The van der Waals surface area contributed by atoms with Crippen LogP contribution in [0.2, 0.25) is 0 Å². The molecule has 0 aliphatic rings. The van der Waals surface area contributed by atoms with Gasteiger partial charge in [-0.1, -0.05) is 24.3 Å². The predicted molar refractivity (Wildman–Crippen MR) is 87.9 cm³/mol. The molecule has 0 unspecified atom stereocenters. The number of hydrogen-bond acceptors (Lipinski definition) is 4. The highest BCUT2D eigenvalue weighted by molar-refractivity contribution is 5.73. The van der Waals surface area contributed by atoms with Crippen molar-refractivity contribution < 1.29 is 27.5 Å². The molecular weight excluding hydrogens is 367 g/mol. The number of rotatable bonds is 4. The third kappa shape index (κ3) is 4.17. The van der Waals surface area contributed by atoms with Gasteiger partial charge in [-0.2, -0.15) is 13.2 Å². The van der Waals surface area contributed by atoms with Crippen LogP contribution in [0.3, 0.4) is 0 Å². The topological polar surface area (TPSA) is 108 Å². The van der Waals surface area contributed by atoms with Crippen LogP contribution in [0.15, 0.2) is 51.7 Å². The largest absolute Gasteiger partial charge is 0.465 e. The second kappa shape index (κ2) is 6.98. The van der Waals surface area contributed by atoms with Crippen LogP contribution in [0.4, 0.5) is 18.0 Å². The lowest BCUT2D eigenvalue weighted by Gasteiger charge is -2.14. The summed E-state index contributed by atoms with van der Waals surface area (Å²) in [6.45, 7) is 0.0280. The number of aromatic nitrogens is 2. The van der Waals surface area contributed by atoms with Gasteiger partial charge in [0.25, 0.3) is 0 Å². The van der Waals surface area contributed by atoms with Crippen molar-refractivity contribution in [3.8, 4) is 22.6 Å². The first kappa shape index (κ1) is 18.2. The van der Waals surface area contributed by atoms with E-state index in [0.29, 0.717) is 5.56 Å². The standard InChI is InChI=1S/C17H12F3N3O4/c18-17(19,20)13-6-5-11(14-22-23-16(26)27-14)7-12(13)10-3-1-9(2-4-10)8-21-15(24)25/h1-7,21H,8H2,(H,23,26)(H,24,25). The SMILES string of the molecule is O=C(O)NCc1ccc(-c2cc(-c3n[nH]c(=O)o3)ccc2C(F)(F)F)cc1. The number of aromatic amines is 1. The number of H-pyrrole nitrogens is 1. The van der Waals surface area contributed by atoms with Gasteiger partial charge >= 0.3 is 18.0 Å². The van der Waals surface area contributed by atoms with Crippen LogP contribution in [0.1, 0.15) is 11.1 Å². The summed E-state index contributed by atoms with van der Waals surface area (Å²) in [5, 5.41) is 16.4. The molecule has 0 saturated heterocycles. The van der Waals surface area contributed by atoms with Crippen molar-refractivity contribution >= 4 is 6.09 Å². The maximum absolute atomic E-state index is 13.4. The van der Waals surface area contributed by atoms with Crippen molar-refractivity contribution in [2.45, 2.75) is 12.7 Å². The van der Waals surface area contributed by atoms with E-state index in [2.05, 4.69) is 15.5 Å². The summed E-state index contributed by atoms with van der Waals surface area (Å²) in [6.07, 6.45) is -5.80. The first-order chi connectivity index (χ1) is 12.7. The predicted octanol–water partition coefficient (Wildman–Crippen LogP) is 3.48. The Labute approximate surface area is 149 Å². The average molecular weight is 379 g/mol. The molecule has 3 rings (SSSR count). The molecule has 10 heteroatoms. The Balaban J connectivity index is 2.03. The van der Waals surface area contributed by atoms with E-state index in [1.807, 2.05) is 0 Å². The van der Waals surface area contributed by atoms with Crippen LogP contribution >= 0.6 is 0 Å². The Hall–Kier alpha value is -3.56. The Bertz CT molecular complexity index is 1020. The molecule has 2 aromatic carbocycles. The highest BCUT2D eigenvalue weighted by atomic mass is 19.4. The summed E-state index contributed by atoms with van der Waals surface area (Å²) in [5.74, 6) is -0.945. The summed E-state index contributed by atoms with van der Waals surface area (Å²) in [6, 6.07) is 9.23. The number of carboxylic acid groups (broad SMARTS) is 1. The van der Waals surface area contributed by atoms with Crippen molar-refractivity contribution in [2.24, 2.45) is 0 Å². The lowest BCUT2D eigenvalue weighted by Crippen LogP contribution is -2.19. The van der Waals surface area contributed by atoms with Crippen LogP contribution in [0, 0.1) is 0 Å². The van der Waals surface area contributed by atoms with Gasteiger partial charge in [-0.05, 0) is 34.9 Å². The first-order valence-electron chi connectivity index (χ1n) is 7.57. The van der Waals surface area contributed by atoms with Crippen molar-refractivity contribution in [1.82, 2.24) is 15.5 Å². The van der Waals surface area contributed by atoms with Gasteiger partial charge in [0.15, 0.2) is 0 Å². The molecule has 1 amide bonds. The summed E-state index contributed by atoms with van der Waals surface area (Å²) in [5.41, 5.74) is 0.0715. The second-order valence-electron chi connectivity index (χ2n) is 5.53. The maximum Gasteiger partial charge on any atom is 0.434 e. The van der Waals surface area contributed by atoms with E-state index in [1.165, 1.54) is 30.3 Å². The molecule has 27 heavy (non-hydrogen) atoms. The fourth-order valence-corrected chi connectivity index (χ4v) is 2.50. The highest BCUT2D eigenvalue weighted by Crippen LogP contribution is 2.39. The maximum atomic E-state index is 13.4. The van der Waals surface area contributed by atoms with Crippen LogP contribution < -0.4 is 11.1 Å². The normalized spacial score (nSPS) is 11.4. The molecule has 0 spiro atoms. The number of nitrogens with one attached hydrogen (secondary N) is 2. The van der Waals surface area contributed by atoms with Crippen molar-refractivity contribution in [3.05, 3.63) is 64.1 Å². The van der Waals surface area contributed by atoms with E-state index >= 15 is 0 Å². The molecule has 0 saturated carbocycles. The van der Waals surface area contributed by atoms with Crippen LogP contribution in [0.25, 0.3) is 22.6 Å². The van der Waals surface area contributed by atoms with Crippen molar-refractivity contribution in [3.63, 3.8) is 0 Å². The molecule has 0 atom stereocenters. The summed E-state index contributed by atoms with van der Waals surface area (Å²) >= 11 is 0. The van der Waals surface area contributed by atoms with Gasteiger partial charge < -0.3 is 14.8 Å². The smallest absolute Gasteiger partial charge is 0.434 e. The number of nitrogens with zero attached hydrogens (tertiary/aromatic N) is 1. The third-order valence-electron chi connectivity index (χ3n) is 3.72. The number of alkyl halides is 3. The molecular formula is C17H12F3N3O4. The van der Waals surface area contributed by atoms with Gasteiger partial charge in [0, 0.05) is 12.1 Å². The zero-order chi connectivity index (χ0) is 19.6. The molecule has 0 aliphatic carbocycles. The van der Waals surface area contributed by atoms with Gasteiger partial charge in [0.05, 0.1) is 5.56 Å². The van der Waals surface area contributed by atoms with E-state index < -0.39 is 23.6 Å². The van der Waals surface area contributed by atoms with Crippen molar-refractivity contribution in [1.29, 1.82) is 0 Å². The molecule has 0 aliphatic heterocycles. The Kier molecular flexibility index (Phi) is 4.72. The number of carbonyl (C=O) groups is 1. The number of amides is 1. The quantitative estimate of drug-likeness (QED) is 0.643. The van der Waals surface area contributed by atoms with Crippen molar-refractivity contribution in [2.75, 3.05) is 0 Å². The van der Waals surface area contributed by atoms with Crippen LogP contribution in [-0.4, -0.2) is 21.4 Å². The Morgan fingerprint density at radius 1 is 1.15 bits per heavy atom. The summed E-state index contributed by atoms with van der Waals surface area (Å²) in [7, 11) is 0. The summed E-state index contributed by atoms with van der Waals surface area (Å²) < 4.78 is 45.0. The molecule has 0 fully saturated rings. The van der Waals surface area contributed by atoms with Gasteiger partial charge in [0.1, 0.15) is 0 Å². The monoisotopic (exact) mass is 379 g/mol. The van der Waals surface area contributed by atoms with Crippen LogP contribution in [-0.2, 0) is 12.7 Å². The molecule has 3 N–H and O–H groups in total. The third-order valence-corrected chi connectivity index (χ3v) is 3.72. The van der Waals surface area contributed by atoms with E-state index in [4.69, 9.17) is 9.52 Å². The average Bonchev–Trinajstić information content (AvgIpc) is 3.05. The first-order valence-corrected chi connectivity index (χ1v) is 7.57. The van der Waals surface area contributed by atoms with E-state index in [0.717, 1.165) is 12.1 Å². The highest BCUT2D eigenvalue weighted by Gasteiger charge is 2.34. The number of hydrogen-bond donors (Lipinski definition) is 3. The summed E-state index contributed by atoms with van der Waals surface area (Å²) in [4.78, 5) is 21.6. The number of halogens is 3. The minimum absolute atomic E-state index is 0.0280. The van der Waals surface area contributed by atoms with Gasteiger partial charge in [-0.25, -0.2) is 14.7 Å². The Morgan fingerprint density at radius 3 is 2.37 bits per heavy atom. The molecule has 0 bridgehead atoms. The Morgan fingerprint density at radius 2 is 1.81 bits per heavy atom. The molecule has 1 heterocycles. The zero-order valence-corrected chi connectivity index (χ0v) is 13.5. The zero-order valence-electron chi connectivity index (χ0n) is 13.5. The second-order valence-corrected chi connectivity index (χ2v) is 5.53. The molecule has 3 aromatic rings. The molecule has 0 radical (unpaired) electrons. The van der Waals surface area contributed by atoms with Crippen LogP contribution in [0.5, 0.6) is 0 Å². The minimum Gasteiger partial charge on any atom is -0.465 e. The van der Waals surface area contributed by atoms with Gasteiger partial charge in [-0.15, -0.1) is 5.10 Å². The van der Waals surface area contributed by atoms with E-state index in [9.17, 15) is 22.8 Å². The lowest BCUT2D eigenvalue weighted by molar-refractivity contribution is -0.137. The van der Waals surface area contributed by atoms with E-state index in [1.54, 1.807) is 0 Å². The fraction of sp³-hybridized carbons (Fsp3) is 0.118.